The van der Waals surface area contributed by atoms with E-state index in [9.17, 15) is 0 Å². The lowest BCUT2D eigenvalue weighted by Crippen LogP contribution is -1.91. The van der Waals surface area contributed by atoms with Gasteiger partial charge < -0.3 is 10.2 Å². The van der Waals surface area contributed by atoms with Crippen LogP contribution in [-0.4, -0.2) is 4.98 Å². The third-order valence-electron chi connectivity index (χ3n) is 2.39. The lowest BCUT2D eigenvalue weighted by molar-refractivity contribution is 0.622. The van der Waals surface area contributed by atoms with Gasteiger partial charge in [0.25, 0.3) is 0 Å². The van der Waals surface area contributed by atoms with Gasteiger partial charge in [-0.1, -0.05) is 13.8 Å². The van der Waals surface area contributed by atoms with E-state index >= 15 is 0 Å². The van der Waals surface area contributed by atoms with Crippen LogP contribution in [0.15, 0.2) is 16.7 Å². The van der Waals surface area contributed by atoms with Crippen LogP contribution in [-0.2, 0) is 0 Å². The molecule has 0 atom stereocenters. The fourth-order valence-electron chi connectivity index (χ4n) is 1.66. The van der Waals surface area contributed by atoms with Crippen molar-refractivity contribution in [2.45, 2.75) is 19.8 Å². The van der Waals surface area contributed by atoms with Crippen molar-refractivity contribution >= 4 is 17.0 Å². The van der Waals surface area contributed by atoms with Gasteiger partial charge in [0.2, 0.25) is 11.6 Å². The van der Waals surface area contributed by atoms with Gasteiger partial charge in [0.1, 0.15) is 11.6 Å². The number of nitrogen functional groups attached to an aromatic ring is 1. The summed E-state index contributed by atoms with van der Waals surface area (Å²) in [6, 6.07) is 3.95. The molecule has 0 aromatic carbocycles. The van der Waals surface area contributed by atoms with E-state index in [-0.39, 0.29) is 5.88 Å². The molecule has 0 spiro atoms. The molecule has 0 saturated carbocycles. The number of nitriles is 1. The minimum Gasteiger partial charge on any atom is -0.421 e. The number of anilines is 1. The Morgan fingerprint density at radius 2 is 2.27 bits per heavy atom. The van der Waals surface area contributed by atoms with E-state index in [0.717, 1.165) is 10.9 Å². The minimum atomic E-state index is 0.146. The zero-order valence-electron chi connectivity index (χ0n) is 8.61. The first-order valence-electron chi connectivity index (χ1n) is 4.72. The summed E-state index contributed by atoms with van der Waals surface area (Å²) in [6.07, 6.45) is 1.67. The predicted octanol–water partition coefficient (Wildman–Crippen LogP) is 2.41. The highest BCUT2D eigenvalue weighted by molar-refractivity contribution is 5.89. The smallest absolute Gasteiger partial charge is 0.230 e. The second kappa shape index (κ2) is 3.28. The van der Waals surface area contributed by atoms with Gasteiger partial charge in [-0.05, 0) is 17.5 Å². The number of nitrogens with two attached hydrogens (primary N) is 1. The Balaban J connectivity index is 2.89. The van der Waals surface area contributed by atoms with Crippen LogP contribution in [0.3, 0.4) is 0 Å². The van der Waals surface area contributed by atoms with Gasteiger partial charge in [-0.25, -0.2) is 4.98 Å². The van der Waals surface area contributed by atoms with E-state index in [1.807, 2.05) is 6.07 Å². The molecule has 0 saturated heterocycles. The Bertz CT molecular complexity index is 549. The Hall–Kier alpha value is -2.02. The van der Waals surface area contributed by atoms with Crippen molar-refractivity contribution < 1.29 is 4.42 Å². The van der Waals surface area contributed by atoms with Crippen LogP contribution in [0.2, 0.25) is 0 Å². The van der Waals surface area contributed by atoms with Crippen LogP contribution in [0.5, 0.6) is 0 Å². The van der Waals surface area contributed by atoms with Crippen molar-refractivity contribution in [3.05, 3.63) is 23.4 Å². The maximum absolute atomic E-state index is 8.99. The van der Waals surface area contributed by atoms with Crippen molar-refractivity contribution in [1.29, 1.82) is 5.26 Å². The molecule has 2 heterocycles. The van der Waals surface area contributed by atoms with Crippen molar-refractivity contribution in [2.24, 2.45) is 0 Å². The fraction of sp³-hybridized carbons (Fsp3) is 0.273. The molecule has 2 N–H and O–H groups in total. The highest BCUT2D eigenvalue weighted by atomic mass is 16.4. The van der Waals surface area contributed by atoms with Gasteiger partial charge in [-0.2, -0.15) is 5.26 Å². The number of furan rings is 1. The molecule has 2 rings (SSSR count). The number of rotatable bonds is 1. The summed E-state index contributed by atoms with van der Waals surface area (Å²) in [5, 5.41) is 9.74. The molecule has 4 nitrogen and oxygen atoms in total. The summed E-state index contributed by atoms with van der Waals surface area (Å²) in [5.41, 5.74) is 7.47. The lowest BCUT2D eigenvalue weighted by Gasteiger charge is -2.05. The normalized spacial score (nSPS) is 10.8. The van der Waals surface area contributed by atoms with Crippen LogP contribution < -0.4 is 5.73 Å². The molecule has 15 heavy (non-hydrogen) atoms. The van der Waals surface area contributed by atoms with Crippen molar-refractivity contribution in [1.82, 2.24) is 4.98 Å². The highest BCUT2D eigenvalue weighted by Crippen LogP contribution is 2.31. The molecular weight excluding hydrogens is 190 g/mol. The summed E-state index contributed by atoms with van der Waals surface area (Å²) < 4.78 is 5.22. The molecule has 0 bridgehead atoms. The number of pyridine rings is 1. The Labute approximate surface area is 87.3 Å². The predicted molar refractivity (Wildman–Crippen MR) is 57.2 cm³/mol. The topological polar surface area (TPSA) is 75.8 Å². The van der Waals surface area contributed by atoms with Crippen LogP contribution in [0.4, 0.5) is 5.88 Å². The molecule has 2 aromatic rings. The molecule has 0 aliphatic rings. The van der Waals surface area contributed by atoms with Crippen LogP contribution >= 0.6 is 0 Å². The molecular formula is C11H11N3O. The molecule has 2 aromatic heterocycles. The third kappa shape index (κ3) is 1.33. The second-order valence-corrected chi connectivity index (χ2v) is 3.69. The summed E-state index contributed by atoms with van der Waals surface area (Å²) >= 11 is 0. The van der Waals surface area contributed by atoms with Gasteiger partial charge in [-0.15, -0.1) is 0 Å². The first-order valence-corrected chi connectivity index (χ1v) is 4.72. The van der Waals surface area contributed by atoms with Gasteiger partial charge in [0.05, 0.1) is 5.39 Å². The average molecular weight is 201 g/mol. The number of hydrogen-bond donors (Lipinski definition) is 1. The Kier molecular flexibility index (Phi) is 2.09. The maximum Gasteiger partial charge on any atom is 0.230 e. The van der Waals surface area contributed by atoms with E-state index in [1.165, 1.54) is 0 Å². The zero-order valence-corrected chi connectivity index (χ0v) is 8.61. The molecule has 0 aliphatic heterocycles. The van der Waals surface area contributed by atoms with Gasteiger partial charge in [0, 0.05) is 6.20 Å². The third-order valence-corrected chi connectivity index (χ3v) is 2.39. The van der Waals surface area contributed by atoms with Gasteiger partial charge >= 0.3 is 0 Å². The van der Waals surface area contributed by atoms with E-state index in [2.05, 4.69) is 24.9 Å². The van der Waals surface area contributed by atoms with Crippen molar-refractivity contribution in [3.8, 4) is 6.07 Å². The SMILES string of the molecule is CC(C)c1ccnc2oc(N)c(C#N)c12. The van der Waals surface area contributed by atoms with E-state index in [0.29, 0.717) is 17.2 Å². The van der Waals surface area contributed by atoms with E-state index in [1.54, 1.807) is 6.20 Å². The van der Waals surface area contributed by atoms with E-state index < -0.39 is 0 Å². The lowest BCUT2D eigenvalue weighted by atomic mass is 9.99. The molecule has 0 aliphatic carbocycles. The van der Waals surface area contributed by atoms with Crippen LogP contribution in [0, 0.1) is 11.3 Å². The highest BCUT2D eigenvalue weighted by Gasteiger charge is 2.17. The first kappa shape index (κ1) is 9.53. The monoisotopic (exact) mass is 201 g/mol. The summed E-state index contributed by atoms with van der Waals surface area (Å²) in [5.74, 6) is 0.452. The standard InChI is InChI=1S/C11H11N3O/c1-6(2)7-3-4-14-11-9(7)8(5-12)10(13)15-11/h3-4,6H,13H2,1-2H3. The quantitative estimate of drug-likeness (QED) is 0.768. The maximum atomic E-state index is 8.99. The molecule has 0 fully saturated rings. The zero-order chi connectivity index (χ0) is 11.0. The molecule has 0 amide bonds. The average Bonchev–Trinajstić information content (AvgIpc) is 2.52. The number of hydrogen-bond acceptors (Lipinski definition) is 4. The Morgan fingerprint density at radius 1 is 1.53 bits per heavy atom. The molecule has 0 radical (unpaired) electrons. The molecule has 4 heteroatoms. The summed E-state index contributed by atoms with van der Waals surface area (Å²) in [7, 11) is 0. The van der Waals surface area contributed by atoms with Crippen molar-refractivity contribution in [3.63, 3.8) is 0 Å². The van der Waals surface area contributed by atoms with Gasteiger partial charge in [-0.3, -0.25) is 0 Å². The first-order chi connectivity index (χ1) is 7.15. The fourth-order valence-corrected chi connectivity index (χ4v) is 1.66. The van der Waals surface area contributed by atoms with E-state index in [4.69, 9.17) is 15.4 Å². The van der Waals surface area contributed by atoms with Crippen LogP contribution in [0.25, 0.3) is 11.1 Å². The minimum absolute atomic E-state index is 0.146. The van der Waals surface area contributed by atoms with Crippen LogP contribution in [0.1, 0.15) is 30.9 Å². The summed E-state index contributed by atoms with van der Waals surface area (Å²) in [6.45, 7) is 4.11. The number of fused-ring (bicyclic) bond motifs is 1. The van der Waals surface area contributed by atoms with Crippen molar-refractivity contribution in [2.75, 3.05) is 5.73 Å². The number of nitrogens with zero attached hydrogens (tertiary/aromatic N) is 2. The second-order valence-electron chi connectivity index (χ2n) is 3.69. The largest absolute Gasteiger partial charge is 0.421 e. The number of aromatic nitrogens is 1. The Morgan fingerprint density at radius 3 is 2.87 bits per heavy atom. The molecule has 0 unspecified atom stereocenters. The van der Waals surface area contributed by atoms with Gasteiger partial charge in [0.15, 0.2) is 0 Å². The molecule has 76 valence electrons. The summed E-state index contributed by atoms with van der Waals surface area (Å²) in [4.78, 5) is 4.06.